The largest absolute Gasteiger partial charge is 0.465 e. The first-order valence-corrected chi connectivity index (χ1v) is 7.84. The van der Waals surface area contributed by atoms with Gasteiger partial charge >= 0.3 is 5.97 Å². The fourth-order valence-electron chi connectivity index (χ4n) is 2.42. The highest BCUT2D eigenvalue weighted by atomic mass is 32.1. The van der Waals surface area contributed by atoms with E-state index >= 15 is 0 Å². The molecule has 1 heterocycles. The number of amides is 1. The molecule has 1 aromatic heterocycles. The lowest BCUT2D eigenvalue weighted by Gasteiger charge is -2.06. The minimum Gasteiger partial charge on any atom is -0.465 e. The molecule has 1 saturated carbocycles. The fourth-order valence-corrected chi connectivity index (χ4v) is 3.53. The zero-order valence-corrected chi connectivity index (χ0v) is 13.3. The lowest BCUT2D eigenvalue weighted by Crippen LogP contribution is -2.18. The van der Waals surface area contributed by atoms with Crippen molar-refractivity contribution in [2.45, 2.75) is 32.2 Å². The van der Waals surface area contributed by atoms with Gasteiger partial charge in [0.2, 0.25) is 0 Å². The van der Waals surface area contributed by atoms with Crippen LogP contribution in [0.2, 0.25) is 0 Å². The summed E-state index contributed by atoms with van der Waals surface area (Å²) >= 11 is 1.20. The summed E-state index contributed by atoms with van der Waals surface area (Å²) in [5.41, 5.74) is 6.40. The predicted molar refractivity (Wildman–Crippen MR) is 83.9 cm³/mol. The van der Waals surface area contributed by atoms with Crippen molar-refractivity contribution in [3.8, 4) is 0 Å². The molecule has 0 radical (unpaired) electrons. The Hall–Kier alpha value is -1.76. The van der Waals surface area contributed by atoms with E-state index in [4.69, 9.17) is 10.5 Å². The lowest BCUT2D eigenvalue weighted by atomic mass is 10.2. The van der Waals surface area contributed by atoms with Crippen LogP contribution < -0.4 is 16.4 Å². The van der Waals surface area contributed by atoms with Crippen LogP contribution in [-0.4, -0.2) is 32.1 Å². The zero-order valence-electron chi connectivity index (χ0n) is 12.5. The van der Waals surface area contributed by atoms with Crippen LogP contribution in [0.3, 0.4) is 0 Å². The Balaban J connectivity index is 2.26. The number of anilines is 2. The number of carbonyl (C=O) groups excluding carboxylic acids is 2. The summed E-state index contributed by atoms with van der Waals surface area (Å²) in [4.78, 5) is 24.1. The molecule has 2 unspecified atom stereocenters. The van der Waals surface area contributed by atoms with E-state index < -0.39 is 5.97 Å². The molecule has 1 fully saturated rings. The second-order valence-corrected chi connectivity index (χ2v) is 6.18. The van der Waals surface area contributed by atoms with Crippen molar-refractivity contribution in [3.63, 3.8) is 0 Å². The lowest BCUT2D eigenvalue weighted by molar-refractivity contribution is 0.0603. The number of nitrogens with one attached hydrogen (secondary N) is 2. The number of hydrogen-bond acceptors (Lipinski definition) is 6. The Bertz CT molecular complexity index is 556. The van der Waals surface area contributed by atoms with Crippen molar-refractivity contribution in [1.29, 1.82) is 0 Å². The third kappa shape index (κ3) is 3.12. The van der Waals surface area contributed by atoms with E-state index in [2.05, 4.69) is 17.6 Å². The maximum absolute atomic E-state index is 11.9. The Morgan fingerprint density at radius 1 is 1.48 bits per heavy atom. The molecular weight excluding hydrogens is 290 g/mol. The molecule has 7 heteroatoms. The van der Waals surface area contributed by atoms with Gasteiger partial charge in [0, 0.05) is 13.1 Å². The van der Waals surface area contributed by atoms with Crippen LogP contribution in [0.5, 0.6) is 0 Å². The topological polar surface area (TPSA) is 93.5 Å². The number of carbonyl (C=O) groups is 2. The maximum Gasteiger partial charge on any atom is 0.343 e. The minimum absolute atomic E-state index is 0.182. The highest BCUT2D eigenvalue weighted by Crippen LogP contribution is 2.42. The van der Waals surface area contributed by atoms with Gasteiger partial charge in [0.15, 0.2) is 0 Å². The van der Waals surface area contributed by atoms with E-state index in [1.807, 2.05) is 0 Å². The van der Waals surface area contributed by atoms with Crippen LogP contribution in [0.1, 0.15) is 46.2 Å². The summed E-state index contributed by atoms with van der Waals surface area (Å²) in [5.74, 6) is -0.182. The van der Waals surface area contributed by atoms with Crippen molar-refractivity contribution in [1.82, 2.24) is 5.32 Å². The molecular formula is C14H21N3O3S. The summed E-state index contributed by atoms with van der Waals surface area (Å²) < 4.78 is 4.78. The van der Waals surface area contributed by atoms with Crippen LogP contribution in [0.4, 0.5) is 10.7 Å². The van der Waals surface area contributed by atoms with Gasteiger partial charge in [-0.3, -0.25) is 4.79 Å². The molecule has 6 nitrogen and oxygen atoms in total. The molecule has 2 atom stereocenters. The molecule has 1 aliphatic carbocycles. The van der Waals surface area contributed by atoms with Crippen molar-refractivity contribution >= 4 is 33.9 Å². The summed E-state index contributed by atoms with van der Waals surface area (Å²) in [6.45, 7) is 2.15. The Labute approximate surface area is 128 Å². The molecule has 4 N–H and O–H groups in total. The smallest absolute Gasteiger partial charge is 0.343 e. The normalized spacial score (nSPS) is 20.0. The van der Waals surface area contributed by atoms with Gasteiger partial charge in [-0.2, -0.15) is 0 Å². The summed E-state index contributed by atoms with van der Waals surface area (Å²) in [7, 11) is 2.84. The van der Waals surface area contributed by atoms with Crippen molar-refractivity contribution < 1.29 is 14.3 Å². The van der Waals surface area contributed by atoms with Gasteiger partial charge in [-0.25, -0.2) is 4.79 Å². The van der Waals surface area contributed by atoms with Gasteiger partial charge in [-0.1, -0.05) is 13.3 Å². The Kier molecular flexibility index (Phi) is 4.72. The van der Waals surface area contributed by atoms with Gasteiger partial charge in [-0.05, 0) is 18.8 Å². The standard InChI is InChI=1S/C14H21N3O3S/c1-4-5-7-6-8(7)17-13-9(14(19)20-3)10(15)11(21-13)12(18)16-2/h7-8,17H,4-6,15H2,1-3H3,(H,16,18). The Morgan fingerprint density at radius 2 is 2.19 bits per heavy atom. The molecule has 21 heavy (non-hydrogen) atoms. The molecule has 0 bridgehead atoms. The number of thiophene rings is 1. The summed E-state index contributed by atoms with van der Waals surface area (Å²) in [6.07, 6.45) is 3.39. The fraction of sp³-hybridized carbons (Fsp3) is 0.571. The van der Waals surface area contributed by atoms with Crippen molar-refractivity contribution in [2.24, 2.45) is 5.92 Å². The summed E-state index contributed by atoms with van der Waals surface area (Å²) in [6, 6.07) is 0.351. The highest BCUT2D eigenvalue weighted by molar-refractivity contribution is 7.19. The SMILES string of the molecule is CCCC1CC1Nc1sc(C(=O)NC)c(N)c1C(=O)OC. The number of nitrogens with two attached hydrogens (primary N) is 1. The van der Waals surface area contributed by atoms with Gasteiger partial charge in [0.1, 0.15) is 15.4 Å². The molecule has 0 aliphatic heterocycles. The third-order valence-corrected chi connectivity index (χ3v) is 4.80. The van der Waals surface area contributed by atoms with Gasteiger partial charge in [0.25, 0.3) is 5.91 Å². The molecule has 1 amide bonds. The van der Waals surface area contributed by atoms with E-state index in [1.54, 1.807) is 0 Å². The number of rotatable bonds is 6. The average Bonchev–Trinajstić information content (AvgIpc) is 3.12. The van der Waals surface area contributed by atoms with Gasteiger partial charge in [-0.15, -0.1) is 11.3 Å². The minimum atomic E-state index is -0.519. The van der Waals surface area contributed by atoms with Crippen LogP contribution >= 0.6 is 11.3 Å². The van der Waals surface area contributed by atoms with Crippen LogP contribution in [0.25, 0.3) is 0 Å². The van der Waals surface area contributed by atoms with Gasteiger partial charge in [0.05, 0.1) is 12.8 Å². The Morgan fingerprint density at radius 3 is 2.76 bits per heavy atom. The van der Waals surface area contributed by atoms with Crippen molar-refractivity contribution in [2.75, 3.05) is 25.2 Å². The van der Waals surface area contributed by atoms with E-state index in [0.29, 0.717) is 21.8 Å². The summed E-state index contributed by atoms with van der Waals surface area (Å²) in [5, 5.41) is 6.49. The zero-order chi connectivity index (χ0) is 15.6. The second kappa shape index (κ2) is 6.34. The molecule has 0 aromatic carbocycles. The van der Waals surface area contributed by atoms with Crippen LogP contribution in [0, 0.1) is 5.92 Å². The van der Waals surface area contributed by atoms with E-state index in [1.165, 1.54) is 25.5 Å². The molecule has 116 valence electrons. The molecule has 1 aromatic rings. The quantitative estimate of drug-likeness (QED) is 0.699. The van der Waals surface area contributed by atoms with E-state index in [9.17, 15) is 9.59 Å². The monoisotopic (exact) mass is 311 g/mol. The number of esters is 1. The van der Waals surface area contributed by atoms with Crippen molar-refractivity contribution in [3.05, 3.63) is 10.4 Å². The average molecular weight is 311 g/mol. The number of ether oxygens (including phenoxy) is 1. The van der Waals surface area contributed by atoms with E-state index in [0.717, 1.165) is 19.3 Å². The highest BCUT2D eigenvalue weighted by Gasteiger charge is 2.38. The first kappa shape index (κ1) is 15.6. The van der Waals surface area contributed by atoms with Crippen LogP contribution in [0.15, 0.2) is 0 Å². The third-order valence-electron chi connectivity index (χ3n) is 3.67. The van der Waals surface area contributed by atoms with E-state index in [-0.39, 0.29) is 17.2 Å². The second-order valence-electron chi connectivity index (χ2n) is 5.15. The molecule has 0 spiro atoms. The molecule has 1 aliphatic rings. The number of nitrogen functional groups attached to an aromatic ring is 1. The predicted octanol–water partition coefficient (Wildman–Crippen LogP) is 2.08. The molecule has 0 saturated heterocycles. The maximum atomic E-state index is 11.9. The first-order valence-electron chi connectivity index (χ1n) is 7.02. The van der Waals surface area contributed by atoms with Crippen LogP contribution in [-0.2, 0) is 4.74 Å². The first-order chi connectivity index (χ1) is 10.0. The number of hydrogen-bond donors (Lipinski definition) is 3. The number of methoxy groups -OCH3 is 1. The molecule has 2 rings (SSSR count). The van der Waals surface area contributed by atoms with Gasteiger partial charge < -0.3 is 21.1 Å².